The van der Waals surface area contributed by atoms with Crippen LogP contribution in [-0.4, -0.2) is 45.2 Å². The van der Waals surface area contributed by atoms with Crippen LogP contribution in [0.4, 0.5) is 0 Å². The van der Waals surface area contributed by atoms with Crippen molar-refractivity contribution >= 4 is 11.9 Å². The molecule has 1 aromatic carbocycles. The molecule has 0 aliphatic carbocycles. The average Bonchev–Trinajstić information content (AvgIpc) is 2.41. The normalized spacial score (nSPS) is 19.2. The summed E-state index contributed by atoms with van der Waals surface area (Å²) >= 11 is 0. The first-order chi connectivity index (χ1) is 8.99. The molecule has 0 spiro atoms. The molecule has 6 heteroatoms. The van der Waals surface area contributed by atoms with Gasteiger partial charge in [-0.05, 0) is 31.0 Å². The zero-order valence-electron chi connectivity index (χ0n) is 10.2. The van der Waals surface area contributed by atoms with Crippen LogP contribution < -0.4 is 0 Å². The van der Waals surface area contributed by atoms with Crippen LogP contribution in [0.15, 0.2) is 18.2 Å². The zero-order chi connectivity index (χ0) is 14.0. The Hall–Kier alpha value is -2.24. The molecule has 3 N–H and O–H groups in total. The van der Waals surface area contributed by atoms with Crippen LogP contribution in [-0.2, 0) is 4.79 Å². The fourth-order valence-electron chi connectivity index (χ4n) is 2.23. The van der Waals surface area contributed by atoms with Crippen molar-refractivity contribution in [1.82, 2.24) is 4.90 Å². The summed E-state index contributed by atoms with van der Waals surface area (Å²) in [6.45, 7) is 0.584. The van der Waals surface area contributed by atoms with E-state index in [-0.39, 0.29) is 23.6 Å². The number of nitrogens with zero attached hydrogens (tertiary/aromatic N) is 1. The van der Waals surface area contributed by atoms with Gasteiger partial charge in [-0.1, -0.05) is 0 Å². The first-order valence-corrected chi connectivity index (χ1v) is 6.03. The third-order valence-electron chi connectivity index (χ3n) is 3.27. The van der Waals surface area contributed by atoms with E-state index in [1.165, 1.54) is 23.1 Å². The smallest absolute Gasteiger partial charge is 0.308 e. The van der Waals surface area contributed by atoms with Crippen molar-refractivity contribution in [2.24, 2.45) is 5.92 Å². The Kier molecular flexibility index (Phi) is 3.59. The number of phenolic OH excluding ortho intramolecular Hbond substituents is 2. The Bertz CT molecular complexity index is 514. The zero-order valence-corrected chi connectivity index (χ0v) is 10.2. The van der Waals surface area contributed by atoms with E-state index in [4.69, 9.17) is 5.11 Å². The quantitative estimate of drug-likeness (QED) is 0.694. The van der Waals surface area contributed by atoms with Gasteiger partial charge in [0.1, 0.15) is 11.5 Å². The molecule has 0 aromatic heterocycles. The molecule has 0 saturated carbocycles. The lowest BCUT2D eigenvalue weighted by atomic mass is 9.97. The van der Waals surface area contributed by atoms with Gasteiger partial charge >= 0.3 is 5.97 Å². The molecule has 1 aromatic rings. The van der Waals surface area contributed by atoms with Crippen LogP contribution in [0, 0.1) is 5.92 Å². The summed E-state index contributed by atoms with van der Waals surface area (Å²) in [5.41, 5.74) is -0.00830. The van der Waals surface area contributed by atoms with Crippen molar-refractivity contribution in [3.05, 3.63) is 23.8 Å². The van der Waals surface area contributed by atoms with E-state index in [0.29, 0.717) is 19.4 Å². The van der Waals surface area contributed by atoms with Gasteiger partial charge in [-0.25, -0.2) is 0 Å². The molecular formula is C13H15NO5. The molecule has 1 saturated heterocycles. The SMILES string of the molecule is O=C(O)[C@@H]1CCCN(C(=O)c2cc(O)ccc2O)C1. The molecule has 0 bridgehead atoms. The van der Waals surface area contributed by atoms with E-state index in [1.807, 2.05) is 0 Å². The molecule has 0 radical (unpaired) electrons. The number of carbonyl (C=O) groups excluding carboxylic acids is 1. The van der Waals surface area contributed by atoms with E-state index in [2.05, 4.69) is 0 Å². The van der Waals surface area contributed by atoms with Crippen LogP contribution in [0.5, 0.6) is 11.5 Å². The minimum absolute atomic E-state index is 0.00830. The summed E-state index contributed by atoms with van der Waals surface area (Å²) in [6.07, 6.45) is 1.16. The molecule has 1 amide bonds. The maximum atomic E-state index is 12.2. The third kappa shape index (κ3) is 2.78. The maximum Gasteiger partial charge on any atom is 0.308 e. The molecule has 1 fully saturated rings. The standard InChI is InChI=1S/C13H15NO5/c15-9-3-4-11(16)10(6-9)12(17)14-5-1-2-8(7-14)13(18)19/h3-4,6,8,15-16H,1-2,5,7H2,(H,18,19)/t8-/m1/s1. The second-order valence-electron chi connectivity index (χ2n) is 4.63. The van der Waals surface area contributed by atoms with Crippen LogP contribution in [0.1, 0.15) is 23.2 Å². The summed E-state index contributed by atoms with van der Waals surface area (Å²) in [5, 5.41) is 28.0. The minimum Gasteiger partial charge on any atom is -0.508 e. The minimum atomic E-state index is -0.919. The molecule has 6 nitrogen and oxygen atoms in total. The van der Waals surface area contributed by atoms with Gasteiger partial charge < -0.3 is 20.2 Å². The summed E-state index contributed by atoms with van der Waals surface area (Å²) in [4.78, 5) is 24.6. The molecule has 1 heterocycles. The second-order valence-corrected chi connectivity index (χ2v) is 4.63. The largest absolute Gasteiger partial charge is 0.508 e. The summed E-state index contributed by atoms with van der Waals surface area (Å²) in [6, 6.07) is 3.70. The van der Waals surface area contributed by atoms with Gasteiger partial charge in [0.2, 0.25) is 0 Å². The lowest BCUT2D eigenvalue weighted by Crippen LogP contribution is -2.42. The summed E-state index contributed by atoms with van der Waals surface area (Å²) in [5.74, 6) is -2.29. The molecule has 2 rings (SSSR count). The lowest BCUT2D eigenvalue weighted by molar-refractivity contribution is -0.143. The van der Waals surface area contributed by atoms with Crippen LogP contribution in [0.2, 0.25) is 0 Å². The Balaban J connectivity index is 2.19. The number of likely N-dealkylation sites (tertiary alicyclic amines) is 1. The van der Waals surface area contributed by atoms with Crippen molar-refractivity contribution in [3.8, 4) is 11.5 Å². The number of aromatic hydroxyl groups is 2. The van der Waals surface area contributed by atoms with Gasteiger partial charge in [0.05, 0.1) is 11.5 Å². The highest BCUT2D eigenvalue weighted by atomic mass is 16.4. The van der Waals surface area contributed by atoms with E-state index >= 15 is 0 Å². The van der Waals surface area contributed by atoms with Gasteiger partial charge in [0.15, 0.2) is 0 Å². The number of piperidine rings is 1. The van der Waals surface area contributed by atoms with Crippen molar-refractivity contribution in [3.63, 3.8) is 0 Å². The van der Waals surface area contributed by atoms with Crippen LogP contribution in [0.25, 0.3) is 0 Å². The van der Waals surface area contributed by atoms with Crippen LogP contribution >= 0.6 is 0 Å². The summed E-state index contributed by atoms with van der Waals surface area (Å²) < 4.78 is 0. The number of phenols is 2. The van der Waals surface area contributed by atoms with Crippen molar-refractivity contribution in [2.75, 3.05) is 13.1 Å². The highest BCUT2D eigenvalue weighted by Gasteiger charge is 2.29. The highest BCUT2D eigenvalue weighted by Crippen LogP contribution is 2.26. The molecule has 1 aliphatic rings. The number of rotatable bonds is 2. The number of benzene rings is 1. The molecular weight excluding hydrogens is 250 g/mol. The number of aliphatic carboxylic acids is 1. The van der Waals surface area contributed by atoms with Crippen molar-refractivity contribution < 1.29 is 24.9 Å². The summed E-state index contributed by atoms with van der Waals surface area (Å²) in [7, 11) is 0. The predicted octanol–water partition coefficient (Wildman–Crippen LogP) is 1.03. The molecule has 19 heavy (non-hydrogen) atoms. The van der Waals surface area contributed by atoms with Crippen LogP contribution in [0.3, 0.4) is 0 Å². The number of hydrogen-bond donors (Lipinski definition) is 3. The van der Waals surface area contributed by atoms with E-state index in [0.717, 1.165) is 0 Å². The first-order valence-electron chi connectivity index (χ1n) is 6.03. The number of carboxylic acids is 1. The van der Waals surface area contributed by atoms with Gasteiger partial charge in [-0.2, -0.15) is 0 Å². The lowest BCUT2D eigenvalue weighted by Gasteiger charge is -2.30. The fourth-order valence-corrected chi connectivity index (χ4v) is 2.23. The molecule has 1 aliphatic heterocycles. The van der Waals surface area contributed by atoms with Crippen molar-refractivity contribution in [1.29, 1.82) is 0 Å². The average molecular weight is 265 g/mol. The Morgan fingerprint density at radius 1 is 1.26 bits per heavy atom. The Labute approximate surface area is 109 Å². The Morgan fingerprint density at radius 3 is 2.68 bits per heavy atom. The number of carboxylic acid groups (broad SMARTS) is 1. The fraction of sp³-hybridized carbons (Fsp3) is 0.385. The highest BCUT2D eigenvalue weighted by molar-refractivity contribution is 5.97. The molecule has 0 unspecified atom stereocenters. The monoisotopic (exact) mass is 265 g/mol. The van der Waals surface area contributed by atoms with Crippen molar-refractivity contribution in [2.45, 2.75) is 12.8 Å². The van der Waals surface area contributed by atoms with E-state index in [1.54, 1.807) is 0 Å². The number of amides is 1. The number of carbonyl (C=O) groups is 2. The van der Waals surface area contributed by atoms with Gasteiger partial charge in [-0.3, -0.25) is 9.59 Å². The van der Waals surface area contributed by atoms with Gasteiger partial charge in [0.25, 0.3) is 5.91 Å². The first kappa shape index (κ1) is 13.2. The maximum absolute atomic E-state index is 12.2. The molecule has 1 atom stereocenters. The topological polar surface area (TPSA) is 98.1 Å². The predicted molar refractivity (Wildman–Crippen MR) is 66.0 cm³/mol. The van der Waals surface area contributed by atoms with Gasteiger partial charge in [0, 0.05) is 13.1 Å². The Morgan fingerprint density at radius 2 is 2.00 bits per heavy atom. The van der Waals surface area contributed by atoms with E-state index in [9.17, 15) is 19.8 Å². The van der Waals surface area contributed by atoms with E-state index < -0.39 is 17.8 Å². The van der Waals surface area contributed by atoms with Gasteiger partial charge in [-0.15, -0.1) is 0 Å². The molecule has 102 valence electrons. The second kappa shape index (κ2) is 5.17. The number of hydrogen-bond acceptors (Lipinski definition) is 4. The third-order valence-corrected chi connectivity index (χ3v) is 3.27.